The van der Waals surface area contributed by atoms with E-state index in [2.05, 4.69) is 5.32 Å². The number of halogens is 3. The van der Waals surface area contributed by atoms with Crippen LogP contribution >= 0.6 is 0 Å². The summed E-state index contributed by atoms with van der Waals surface area (Å²) in [5.41, 5.74) is 3.57. The summed E-state index contributed by atoms with van der Waals surface area (Å²) in [5.74, 6) is -0.583. The number of anilines is 1. The lowest BCUT2D eigenvalue weighted by Crippen LogP contribution is -2.45. The fourth-order valence-electron chi connectivity index (χ4n) is 1.57. The Morgan fingerprint density at radius 3 is 2.33 bits per heavy atom. The molecular formula is C14H16F3N3O. The van der Waals surface area contributed by atoms with E-state index in [0.717, 1.165) is 12.1 Å². The van der Waals surface area contributed by atoms with Gasteiger partial charge in [-0.2, -0.15) is 18.4 Å². The molecule has 0 aliphatic heterocycles. The first-order valence-electron chi connectivity index (χ1n) is 6.14. The molecule has 3 N–H and O–H groups in total. The zero-order chi connectivity index (χ0) is 16.4. The first-order valence-corrected chi connectivity index (χ1v) is 6.14. The third-order valence-electron chi connectivity index (χ3n) is 2.93. The van der Waals surface area contributed by atoms with Crippen LogP contribution in [0.1, 0.15) is 31.9 Å². The van der Waals surface area contributed by atoms with E-state index in [1.165, 1.54) is 12.1 Å². The van der Waals surface area contributed by atoms with Gasteiger partial charge in [-0.15, -0.1) is 0 Å². The van der Waals surface area contributed by atoms with E-state index in [9.17, 15) is 18.0 Å². The molecule has 114 valence electrons. The van der Waals surface area contributed by atoms with Crippen molar-refractivity contribution in [1.82, 2.24) is 0 Å². The van der Waals surface area contributed by atoms with Crippen LogP contribution in [0.4, 0.5) is 18.9 Å². The van der Waals surface area contributed by atoms with E-state index in [1.54, 1.807) is 20.8 Å². The molecule has 1 amide bonds. The molecule has 1 aromatic rings. The van der Waals surface area contributed by atoms with Gasteiger partial charge >= 0.3 is 6.18 Å². The van der Waals surface area contributed by atoms with E-state index in [1.807, 2.05) is 0 Å². The van der Waals surface area contributed by atoms with Gasteiger partial charge in [0.2, 0.25) is 5.91 Å². The third-order valence-corrected chi connectivity index (χ3v) is 2.93. The molecule has 7 heteroatoms. The summed E-state index contributed by atoms with van der Waals surface area (Å²) in [7, 11) is 0. The van der Waals surface area contributed by atoms with Crippen LogP contribution in [0.5, 0.6) is 0 Å². The SMILES string of the molecule is CC(C)(C)[C@@H](N)C(=O)Nc1ccc(C#N)c(C(F)(F)F)c1. The Kier molecular flexibility index (Phi) is 4.64. The van der Waals surface area contributed by atoms with E-state index in [0.29, 0.717) is 0 Å². The van der Waals surface area contributed by atoms with Crippen molar-refractivity contribution in [2.24, 2.45) is 11.1 Å². The molecule has 4 nitrogen and oxygen atoms in total. The predicted molar refractivity (Wildman–Crippen MR) is 72.2 cm³/mol. The van der Waals surface area contributed by atoms with Gasteiger partial charge in [0.25, 0.3) is 0 Å². The van der Waals surface area contributed by atoms with E-state index < -0.39 is 34.7 Å². The molecule has 1 aromatic carbocycles. The molecule has 0 fully saturated rings. The van der Waals surface area contributed by atoms with Crippen LogP contribution in [0, 0.1) is 16.7 Å². The second-order valence-corrected chi connectivity index (χ2v) is 5.70. The van der Waals surface area contributed by atoms with Crippen molar-refractivity contribution in [2.75, 3.05) is 5.32 Å². The van der Waals surface area contributed by atoms with Crippen LogP contribution in [0.25, 0.3) is 0 Å². The number of nitriles is 1. The fourth-order valence-corrected chi connectivity index (χ4v) is 1.57. The van der Waals surface area contributed by atoms with Gasteiger partial charge in [0.15, 0.2) is 0 Å². The molecule has 0 heterocycles. The van der Waals surface area contributed by atoms with Gasteiger partial charge in [-0.25, -0.2) is 0 Å². The van der Waals surface area contributed by atoms with Crippen LogP contribution in [0.2, 0.25) is 0 Å². The Morgan fingerprint density at radius 2 is 1.90 bits per heavy atom. The first-order chi connectivity index (χ1) is 9.46. The lowest BCUT2D eigenvalue weighted by molar-refractivity contribution is -0.137. The van der Waals surface area contributed by atoms with Gasteiger partial charge in [-0.3, -0.25) is 4.79 Å². The number of alkyl halides is 3. The number of nitrogens with zero attached hydrogens (tertiary/aromatic N) is 1. The molecule has 0 saturated carbocycles. The minimum absolute atomic E-state index is 0.0500. The number of rotatable bonds is 2. The summed E-state index contributed by atoms with van der Waals surface area (Å²) in [6.07, 6.45) is -4.67. The van der Waals surface area contributed by atoms with Gasteiger partial charge in [0.1, 0.15) is 0 Å². The number of benzene rings is 1. The highest BCUT2D eigenvalue weighted by molar-refractivity contribution is 5.95. The van der Waals surface area contributed by atoms with Crippen LogP contribution < -0.4 is 11.1 Å². The van der Waals surface area contributed by atoms with Gasteiger partial charge in [-0.1, -0.05) is 20.8 Å². The summed E-state index contributed by atoms with van der Waals surface area (Å²) >= 11 is 0. The highest BCUT2D eigenvalue weighted by atomic mass is 19.4. The largest absolute Gasteiger partial charge is 0.417 e. The smallest absolute Gasteiger partial charge is 0.325 e. The molecule has 1 atom stereocenters. The van der Waals surface area contributed by atoms with Crippen molar-refractivity contribution < 1.29 is 18.0 Å². The molecule has 0 spiro atoms. The van der Waals surface area contributed by atoms with Gasteiger partial charge in [0, 0.05) is 5.69 Å². The van der Waals surface area contributed by atoms with Crippen LogP contribution in [-0.2, 0) is 11.0 Å². The van der Waals surface area contributed by atoms with Gasteiger partial charge in [-0.05, 0) is 23.6 Å². The molecule has 0 unspecified atom stereocenters. The number of carbonyl (C=O) groups is 1. The monoisotopic (exact) mass is 299 g/mol. The van der Waals surface area contributed by atoms with Crippen molar-refractivity contribution in [3.05, 3.63) is 29.3 Å². The number of hydrogen-bond acceptors (Lipinski definition) is 3. The average molecular weight is 299 g/mol. The molecule has 21 heavy (non-hydrogen) atoms. The fraction of sp³-hybridized carbons (Fsp3) is 0.429. The average Bonchev–Trinajstić information content (AvgIpc) is 2.35. The molecule has 0 aliphatic carbocycles. The normalized spacial score (nSPS) is 13.4. The molecule has 0 bridgehead atoms. The highest BCUT2D eigenvalue weighted by Gasteiger charge is 2.34. The summed E-state index contributed by atoms with van der Waals surface area (Å²) < 4.78 is 38.4. The zero-order valence-corrected chi connectivity index (χ0v) is 11.9. The molecule has 0 aromatic heterocycles. The Labute approximate surface area is 120 Å². The van der Waals surface area contributed by atoms with Crippen LogP contribution in [0.3, 0.4) is 0 Å². The highest BCUT2D eigenvalue weighted by Crippen LogP contribution is 2.33. The molecule has 0 saturated heterocycles. The lowest BCUT2D eigenvalue weighted by Gasteiger charge is -2.26. The maximum atomic E-state index is 12.8. The summed E-state index contributed by atoms with van der Waals surface area (Å²) in [6, 6.07) is 3.58. The van der Waals surface area contributed by atoms with Gasteiger partial charge < -0.3 is 11.1 Å². The summed E-state index contributed by atoms with van der Waals surface area (Å²) in [4.78, 5) is 11.9. The predicted octanol–water partition coefficient (Wildman–Crippen LogP) is 2.89. The Morgan fingerprint density at radius 1 is 1.33 bits per heavy atom. The van der Waals surface area contributed by atoms with E-state index >= 15 is 0 Å². The van der Waals surface area contributed by atoms with Gasteiger partial charge in [0.05, 0.1) is 23.2 Å². The minimum Gasteiger partial charge on any atom is -0.325 e. The number of carbonyl (C=O) groups excluding carboxylic acids is 1. The number of nitrogens with one attached hydrogen (secondary N) is 1. The number of amides is 1. The minimum atomic E-state index is -4.67. The second-order valence-electron chi connectivity index (χ2n) is 5.70. The van der Waals surface area contributed by atoms with Crippen molar-refractivity contribution in [3.63, 3.8) is 0 Å². The molecule has 0 aliphatic rings. The van der Waals surface area contributed by atoms with Crippen molar-refractivity contribution in [2.45, 2.75) is 33.0 Å². The second kappa shape index (κ2) is 5.74. The van der Waals surface area contributed by atoms with Crippen molar-refractivity contribution in [1.29, 1.82) is 5.26 Å². The summed E-state index contributed by atoms with van der Waals surface area (Å²) in [6.45, 7) is 5.24. The molecule has 0 radical (unpaired) electrons. The van der Waals surface area contributed by atoms with E-state index in [4.69, 9.17) is 11.0 Å². The third kappa shape index (κ3) is 4.20. The first kappa shape index (κ1) is 17.0. The quantitative estimate of drug-likeness (QED) is 0.881. The Hall–Kier alpha value is -2.07. The van der Waals surface area contributed by atoms with Crippen molar-refractivity contribution >= 4 is 11.6 Å². The Bertz CT molecular complexity index is 583. The maximum Gasteiger partial charge on any atom is 0.417 e. The topological polar surface area (TPSA) is 78.9 Å². The number of nitrogens with two attached hydrogens (primary N) is 1. The standard InChI is InChI=1S/C14H16F3N3O/c1-13(2,3)11(19)12(21)20-9-5-4-8(7-18)10(6-9)14(15,16)17/h4-6,11H,19H2,1-3H3,(H,20,21)/t11-/m0/s1. The molecule has 1 rings (SSSR count). The molecular weight excluding hydrogens is 283 g/mol. The number of hydrogen-bond donors (Lipinski definition) is 2. The zero-order valence-electron chi connectivity index (χ0n) is 11.9. The van der Waals surface area contributed by atoms with Crippen LogP contribution in [-0.4, -0.2) is 11.9 Å². The Balaban J connectivity index is 3.07. The van der Waals surface area contributed by atoms with E-state index in [-0.39, 0.29) is 5.69 Å². The lowest BCUT2D eigenvalue weighted by atomic mass is 9.87. The summed E-state index contributed by atoms with van der Waals surface area (Å²) in [5, 5.41) is 11.0. The maximum absolute atomic E-state index is 12.8. The van der Waals surface area contributed by atoms with Crippen LogP contribution in [0.15, 0.2) is 18.2 Å². The van der Waals surface area contributed by atoms with Crippen molar-refractivity contribution in [3.8, 4) is 6.07 Å².